The van der Waals surface area contributed by atoms with Crippen molar-refractivity contribution in [2.75, 3.05) is 6.61 Å². The second kappa shape index (κ2) is 10.1. The van der Waals surface area contributed by atoms with Crippen LogP contribution in [0.3, 0.4) is 0 Å². The lowest BCUT2D eigenvalue weighted by Gasteiger charge is -2.13. The van der Waals surface area contributed by atoms with Gasteiger partial charge >= 0.3 is 0 Å². The maximum absolute atomic E-state index is 6.09. The minimum Gasteiger partial charge on any atom is -0.494 e. The highest BCUT2D eigenvalue weighted by Crippen LogP contribution is 2.35. The second-order valence-corrected chi connectivity index (χ2v) is 8.57. The van der Waals surface area contributed by atoms with Crippen LogP contribution in [-0.4, -0.2) is 31.6 Å². The number of hydrogen-bond acceptors (Lipinski definition) is 8. The van der Waals surface area contributed by atoms with Crippen molar-refractivity contribution in [3.8, 4) is 17.2 Å². The molecule has 0 aliphatic rings. The number of benzene rings is 2. The van der Waals surface area contributed by atoms with Gasteiger partial charge in [-0.25, -0.2) is 0 Å². The van der Waals surface area contributed by atoms with Gasteiger partial charge < -0.3 is 13.9 Å². The van der Waals surface area contributed by atoms with E-state index in [1.807, 2.05) is 66.9 Å². The van der Waals surface area contributed by atoms with Crippen LogP contribution in [0, 0.1) is 6.92 Å². The van der Waals surface area contributed by atoms with E-state index in [9.17, 15) is 0 Å². The number of halogens is 1. The molecule has 0 aliphatic carbocycles. The lowest BCUT2D eigenvalue weighted by Crippen LogP contribution is -2.07. The van der Waals surface area contributed by atoms with Gasteiger partial charge in [0.05, 0.1) is 11.9 Å². The second-order valence-electron chi connectivity index (χ2n) is 6.82. The number of ether oxygens (including phenoxy) is 2. The highest BCUT2D eigenvalue weighted by molar-refractivity contribution is 7.99. The number of aromatic nitrogens is 5. The van der Waals surface area contributed by atoms with E-state index >= 15 is 0 Å². The predicted molar refractivity (Wildman–Crippen MR) is 122 cm³/mol. The molecule has 0 N–H and O–H groups in total. The Morgan fingerprint density at radius 2 is 1.66 bits per heavy atom. The van der Waals surface area contributed by atoms with E-state index in [4.69, 9.17) is 25.5 Å². The number of hydrogen-bond donors (Lipinski definition) is 0. The summed E-state index contributed by atoms with van der Waals surface area (Å²) in [6.45, 7) is 6.55. The van der Waals surface area contributed by atoms with Crippen LogP contribution in [0.25, 0.3) is 5.69 Å². The molecule has 1 unspecified atom stereocenters. The number of rotatable bonds is 9. The van der Waals surface area contributed by atoms with Crippen LogP contribution in [-0.2, 0) is 6.61 Å². The van der Waals surface area contributed by atoms with Gasteiger partial charge in [0.1, 0.15) is 18.1 Å². The van der Waals surface area contributed by atoms with Crippen LogP contribution in [0.4, 0.5) is 0 Å². The van der Waals surface area contributed by atoms with Crippen molar-refractivity contribution in [2.24, 2.45) is 0 Å². The Bertz CT molecular complexity index is 1160. The van der Waals surface area contributed by atoms with E-state index in [1.165, 1.54) is 11.8 Å². The van der Waals surface area contributed by atoms with Gasteiger partial charge in [0.15, 0.2) is 11.0 Å². The topological polar surface area (TPSA) is 88.1 Å². The summed E-state index contributed by atoms with van der Waals surface area (Å²) in [5.41, 5.74) is 0.876. The monoisotopic (exact) mass is 471 g/mol. The predicted octanol–water partition coefficient (Wildman–Crippen LogP) is 5.44. The summed E-state index contributed by atoms with van der Waals surface area (Å²) in [4.78, 5) is 0. The number of aryl methyl sites for hydroxylation is 1. The first-order chi connectivity index (χ1) is 15.5. The molecule has 2 aromatic heterocycles. The van der Waals surface area contributed by atoms with Crippen LogP contribution in [0.2, 0.25) is 5.02 Å². The van der Waals surface area contributed by atoms with Gasteiger partial charge in [0.25, 0.3) is 0 Å². The molecule has 2 aromatic carbocycles. The lowest BCUT2D eigenvalue weighted by atomic mass is 10.3. The van der Waals surface area contributed by atoms with Gasteiger partial charge in [-0.1, -0.05) is 23.4 Å². The summed E-state index contributed by atoms with van der Waals surface area (Å²) in [5.74, 6) is 3.22. The van der Waals surface area contributed by atoms with Gasteiger partial charge in [0, 0.05) is 17.6 Å². The zero-order chi connectivity index (χ0) is 22.5. The van der Waals surface area contributed by atoms with Gasteiger partial charge in [-0.15, -0.1) is 20.4 Å². The van der Waals surface area contributed by atoms with E-state index < -0.39 is 0 Å². The highest BCUT2D eigenvalue weighted by Gasteiger charge is 2.21. The SMILES string of the molecule is CCOc1ccc(OCc2nnc(SC(C)c3nnc(C)o3)n2-c2ccc(Cl)cc2)cc1. The molecule has 0 bridgehead atoms. The maximum Gasteiger partial charge on any atom is 0.229 e. The molecular formula is C22H22ClN5O3S. The smallest absolute Gasteiger partial charge is 0.229 e. The molecule has 0 aliphatic heterocycles. The Balaban J connectivity index is 1.58. The van der Waals surface area contributed by atoms with Crippen LogP contribution >= 0.6 is 23.4 Å². The Kier molecular flexibility index (Phi) is 6.96. The van der Waals surface area contributed by atoms with Crippen molar-refractivity contribution < 1.29 is 13.9 Å². The van der Waals surface area contributed by atoms with E-state index in [1.54, 1.807) is 6.92 Å². The fourth-order valence-electron chi connectivity index (χ4n) is 2.95. The molecule has 1 atom stereocenters. The first-order valence-corrected chi connectivity index (χ1v) is 11.3. The van der Waals surface area contributed by atoms with Crippen LogP contribution < -0.4 is 9.47 Å². The maximum atomic E-state index is 6.09. The Morgan fingerprint density at radius 3 is 2.28 bits per heavy atom. The molecule has 32 heavy (non-hydrogen) atoms. The summed E-state index contributed by atoms with van der Waals surface area (Å²) in [6.07, 6.45) is 0. The van der Waals surface area contributed by atoms with E-state index in [-0.39, 0.29) is 11.9 Å². The molecule has 0 fully saturated rings. The average Bonchev–Trinajstić information content (AvgIpc) is 3.40. The van der Waals surface area contributed by atoms with Crippen LogP contribution in [0.15, 0.2) is 58.1 Å². The lowest BCUT2D eigenvalue weighted by molar-refractivity contribution is 0.291. The van der Waals surface area contributed by atoms with Crippen molar-refractivity contribution in [3.05, 3.63) is 71.2 Å². The molecule has 0 saturated heterocycles. The third-order valence-electron chi connectivity index (χ3n) is 4.46. The first kappa shape index (κ1) is 22.2. The molecule has 4 aromatic rings. The van der Waals surface area contributed by atoms with Gasteiger partial charge in [-0.05, 0) is 62.4 Å². The summed E-state index contributed by atoms with van der Waals surface area (Å²) < 4.78 is 18.9. The molecule has 0 radical (unpaired) electrons. The van der Waals surface area contributed by atoms with Crippen molar-refractivity contribution in [2.45, 2.75) is 37.8 Å². The van der Waals surface area contributed by atoms with E-state index in [0.717, 1.165) is 11.4 Å². The normalized spacial score (nSPS) is 12.0. The largest absolute Gasteiger partial charge is 0.494 e. The fourth-order valence-corrected chi connectivity index (χ4v) is 3.99. The molecule has 2 heterocycles. The third-order valence-corrected chi connectivity index (χ3v) is 5.74. The minimum atomic E-state index is -0.105. The summed E-state index contributed by atoms with van der Waals surface area (Å²) >= 11 is 7.56. The standard InChI is InChI=1S/C22H22ClN5O3S/c1-4-29-18-9-11-19(12-10-18)30-13-20-25-27-22(28(20)17-7-5-16(23)6-8-17)32-14(2)21-26-24-15(3)31-21/h5-12,14H,4,13H2,1-3H3. The zero-order valence-electron chi connectivity index (χ0n) is 17.9. The first-order valence-electron chi connectivity index (χ1n) is 10.1. The zero-order valence-corrected chi connectivity index (χ0v) is 19.4. The molecule has 0 amide bonds. The molecule has 10 heteroatoms. The van der Waals surface area contributed by atoms with E-state index in [2.05, 4.69) is 20.4 Å². The van der Waals surface area contributed by atoms with Gasteiger partial charge in [-0.2, -0.15) is 0 Å². The molecule has 8 nitrogen and oxygen atoms in total. The van der Waals surface area contributed by atoms with Crippen molar-refractivity contribution in [1.29, 1.82) is 0 Å². The molecular weight excluding hydrogens is 450 g/mol. The van der Waals surface area contributed by atoms with Gasteiger partial charge in [0.2, 0.25) is 11.8 Å². The Labute approximate surface area is 194 Å². The van der Waals surface area contributed by atoms with E-state index in [0.29, 0.717) is 40.1 Å². The Morgan fingerprint density at radius 1 is 0.969 bits per heavy atom. The number of thioether (sulfide) groups is 1. The highest BCUT2D eigenvalue weighted by atomic mass is 35.5. The van der Waals surface area contributed by atoms with Crippen molar-refractivity contribution in [1.82, 2.24) is 25.0 Å². The molecule has 4 rings (SSSR count). The molecule has 0 spiro atoms. The summed E-state index contributed by atoms with van der Waals surface area (Å²) in [7, 11) is 0. The minimum absolute atomic E-state index is 0.105. The summed E-state index contributed by atoms with van der Waals surface area (Å²) in [5, 5.41) is 18.0. The third kappa shape index (κ3) is 5.23. The number of nitrogens with zero attached hydrogens (tertiary/aromatic N) is 5. The fraction of sp³-hybridized carbons (Fsp3) is 0.273. The quantitative estimate of drug-likeness (QED) is 0.298. The van der Waals surface area contributed by atoms with Gasteiger partial charge in [-0.3, -0.25) is 4.57 Å². The Hall–Kier alpha value is -3.04. The van der Waals surface area contributed by atoms with Crippen molar-refractivity contribution in [3.63, 3.8) is 0 Å². The molecule has 166 valence electrons. The average molecular weight is 472 g/mol. The van der Waals surface area contributed by atoms with Crippen LogP contribution in [0.1, 0.15) is 36.7 Å². The van der Waals surface area contributed by atoms with Crippen molar-refractivity contribution >= 4 is 23.4 Å². The molecule has 0 saturated carbocycles. The van der Waals surface area contributed by atoms with Crippen LogP contribution in [0.5, 0.6) is 11.5 Å². The summed E-state index contributed by atoms with van der Waals surface area (Å²) in [6, 6.07) is 15.0.